The van der Waals surface area contributed by atoms with Crippen molar-refractivity contribution in [1.29, 1.82) is 0 Å². The molecule has 0 heterocycles. The third-order valence-corrected chi connectivity index (χ3v) is 6.01. The number of hydrogen-bond donors (Lipinski definition) is 0. The summed E-state index contributed by atoms with van der Waals surface area (Å²) in [5.74, 6) is 0. The number of hydrogen-bond acceptors (Lipinski definition) is 1. The molecule has 0 aliphatic carbocycles. The Bertz CT molecular complexity index is 249. The van der Waals surface area contributed by atoms with Crippen LogP contribution in [0.4, 0.5) is 0 Å². The van der Waals surface area contributed by atoms with Gasteiger partial charge in [-0.25, -0.2) is 0 Å². The third-order valence-electron chi connectivity index (χ3n) is 6.01. The van der Waals surface area contributed by atoms with Crippen LogP contribution in [-0.2, 0) is 0 Å². The normalized spacial score (nSPS) is 12.8. The molecule has 0 aromatic carbocycles. The zero-order valence-corrected chi connectivity index (χ0v) is 19.2. The molecule has 0 saturated heterocycles. The summed E-state index contributed by atoms with van der Waals surface area (Å²) in [5.41, 5.74) is 0. The van der Waals surface area contributed by atoms with Crippen molar-refractivity contribution >= 4 is 0 Å². The van der Waals surface area contributed by atoms with E-state index >= 15 is 0 Å². The van der Waals surface area contributed by atoms with Crippen LogP contribution >= 0.6 is 0 Å². The van der Waals surface area contributed by atoms with E-state index in [1.54, 1.807) is 0 Å². The van der Waals surface area contributed by atoms with Gasteiger partial charge in [0.15, 0.2) is 0 Å². The van der Waals surface area contributed by atoms with Crippen molar-refractivity contribution in [3.8, 4) is 0 Å². The highest BCUT2D eigenvalue weighted by Gasteiger charge is 2.10. The monoisotopic (exact) mass is 367 g/mol. The van der Waals surface area contributed by atoms with Gasteiger partial charge in [0.05, 0.1) is 0 Å². The van der Waals surface area contributed by atoms with Crippen LogP contribution in [0.25, 0.3) is 0 Å². The van der Waals surface area contributed by atoms with E-state index in [0.29, 0.717) is 0 Å². The van der Waals surface area contributed by atoms with Crippen molar-refractivity contribution < 1.29 is 0 Å². The van der Waals surface area contributed by atoms with Crippen molar-refractivity contribution in [1.82, 2.24) is 4.90 Å². The fourth-order valence-electron chi connectivity index (χ4n) is 4.04. The average molecular weight is 368 g/mol. The summed E-state index contributed by atoms with van der Waals surface area (Å²) in [4.78, 5) is 2.48. The lowest BCUT2D eigenvalue weighted by molar-refractivity contribution is 0.251. The minimum absolute atomic E-state index is 0.823. The Morgan fingerprint density at radius 1 is 0.423 bits per heavy atom. The van der Waals surface area contributed by atoms with Crippen LogP contribution in [0.5, 0.6) is 0 Å². The smallest absolute Gasteiger partial charge is 0.00891 e. The van der Waals surface area contributed by atoms with Crippen LogP contribution < -0.4 is 0 Å². The maximum Gasteiger partial charge on any atom is 0.00891 e. The first-order valence-corrected chi connectivity index (χ1v) is 12.4. The summed E-state index contributed by atoms with van der Waals surface area (Å²) < 4.78 is 0. The Morgan fingerprint density at radius 2 is 0.692 bits per heavy atom. The van der Waals surface area contributed by atoms with Crippen LogP contribution in [0.3, 0.4) is 0 Å². The van der Waals surface area contributed by atoms with Gasteiger partial charge in [-0.3, -0.25) is 0 Å². The molecule has 0 bridgehead atoms. The third kappa shape index (κ3) is 18.7. The summed E-state index contributed by atoms with van der Waals surface area (Å²) in [7, 11) is 4.57. The van der Waals surface area contributed by atoms with Crippen LogP contribution in [0.2, 0.25) is 0 Å². The summed E-state index contributed by atoms with van der Waals surface area (Å²) >= 11 is 0. The van der Waals surface area contributed by atoms with Gasteiger partial charge in [-0.2, -0.15) is 0 Å². The molecule has 1 heteroatoms. The van der Waals surface area contributed by atoms with E-state index < -0.39 is 0 Å². The molecule has 0 aliphatic rings. The quantitative estimate of drug-likeness (QED) is 0.183. The predicted octanol–water partition coefficient (Wildman–Crippen LogP) is 8.76. The summed E-state index contributed by atoms with van der Waals surface area (Å²) in [6.07, 6.45) is 28.9. The fraction of sp³-hybridized carbons (Fsp3) is 1.00. The van der Waals surface area contributed by atoms with Gasteiger partial charge < -0.3 is 4.90 Å². The van der Waals surface area contributed by atoms with E-state index in [1.165, 1.54) is 128 Å². The highest BCUT2D eigenvalue weighted by Crippen LogP contribution is 2.17. The van der Waals surface area contributed by atoms with Gasteiger partial charge in [0, 0.05) is 6.04 Å². The van der Waals surface area contributed by atoms with Crippen molar-refractivity contribution in [2.75, 3.05) is 14.1 Å². The molecule has 1 atom stereocenters. The molecule has 0 amide bonds. The molecule has 158 valence electrons. The molecule has 0 saturated carbocycles. The fourth-order valence-corrected chi connectivity index (χ4v) is 4.04. The lowest BCUT2D eigenvalue weighted by Crippen LogP contribution is -2.27. The molecular weight excluding hydrogens is 314 g/mol. The van der Waals surface area contributed by atoms with Gasteiger partial charge in [-0.1, -0.05) is 129 Å². The predicted molar refractivity (Wildman–Crippen MR) is 121 cm³/mol. The van der Waals surface area contributed by atoms with Crippen molar-refractivity contribution in [3.05, 3.63) is 0 Å². The summed E-state index contributed by atoms with van der Waals surface area (Å²) in [6, 6.07) is 0.823. The Hall–Kier alpha value is -0.0400. The molecule has 0 spiro atoms. The number of rotatable bonds is 21. The SMILES string of the molecule is CCCCCCCCCCCCC(CCCCCCCCCC)N(C)C. The molecule has 26 heavy (non-hydrogen) atoms. The van der Waals surface area contributed by atoms with Gasteiger partial charge >= 0.3 is 0 Å². The second-order valence-corrected chi connectivity index (χ2v) is 8.85. The molecule has 0 N–H and O–H groups in total. The van der Waals surface area contributed by atoms with Crippen LogP contribution in [0.15, 0.2) is 0 Å². The number of unbranched alkanes of at least 4 members (excludes halogenated alkanes) is 16. The minimum Gasteiger partial charge on any atom is -0.306 e. The second kappa shape index (κ2) is 21.3. The molecular formula is C25H53N. The van der Waals surface area contributed by atoms with E-state index in [4.69, 9.17) is 0 Å². The van der Waals surface area contributed by atoms with E-state index in [0.717, 1.165) is 6.04 Å². The Kier molecular flexibility index (Phi) is 21.2. The van der Waals surface area contributed by atoms with E-state index in [9.17, 15) is 0 Å². The lowest BCUT2D eigenvalue weighted by Gasteiger charge is -2.24. The average Bonchev–Trinajstić information content (AvgIpc) is 2.63. The van der Waals surface area contributed by atoms with Crippen LogP contribution in [0.1, 0.15) is 142 Å². The Labute approximate surface area is 167 Å². The number of nitrogens with zero attached hydrogens (tertiary/aromatic N) is 1. The first kappa shape index (κ1) is 26.0. The van der Waals surface area contributed by atoms with Crippen LogP contribution in [-0.4, -0.2) is 25.0 Å². The first-order valence-electron chi connectivity index (χ1n) is 12.4. The minimum atomic E-state index is 0.823. The molecule has 0 aromatic rings. The van der Waals surface area contributed by atoms with Gasteiger partial charge in [0.25, 0.3) is 0 Å². The Morgan fingerprint density at radius 3 is 0.962 bits per heavy atom. The maximum absolute atomic E-state index is 2.48. The zero-order valence-electron chi connectivity index (χ0n) is 19.2. The van der Waals surface area contributed by atoms with Crippen LogP contribution in [0, 0.1) is 0 Å². The largest absolute Gasteiger partial charge is 0.306 e. The van der Waals surface area contributed by atoms with Gasteiger partial charge in [-0.05, 0) is 26.9 Å². The Balaban J connectivity index is 3.45. The molecule has 0 rings (SSSR count). The molecule has 0 aliphatic heterocycles. The topological polar surface area (TPSA) is 3.24 Å². The molecule has 0 radical (unpaired) electrons. The van der Waals surface area contributed by atoms with E-state index in [-0.39, 0.29) is 0 Å². The molecule has 1 unspecified atom stereocenters. The highest BCUT2D eigenvalue weighted by molar-refractivity contribution is 4.66. The maximum atomic E-state index is 2.48. The van der Waals surface area contributed by atoms with Gasteiger partial charge in [0.1, 0.15) is 0 Å². The molecule has 1 nitrogen and oxygen atoms in total. The lowest BCUT2D eigenvalue weighted by atomic mass is 9.99. The summed E-state index contributed by atoms with van der Waals surface area (Å²) in [6.45, 7) is 4.60. The first-order chi connectivity index (χ1) is 12.7. The molecule has 0 fully saturated rings. The van der Waals surface area contributed by atoms with E-state index in [2.05, 4.69) is 32.8 Å². The van der Waals surface area contributed by atoms with Crippen molar-refractivity contribution in [2.45, 2.75) is 148 Å². The zero-order chi connectivity index (χ0) is 19.3. The van der Waals surface area contributed by atoms with Gasteiger partial charge in [0.2, 0.25) is 0 Å². The van der Waals surface area contributed by atoms with Crippen molar-refractivity contribution in [2.24, 2.45) is 0 Å². The van der Waals surface area contributed by atoms with Gasteiger partial charge in [-0.15, -0.1) is 0 Å². The standard InChI is InChI=1S/C25H53N/c1-5-7-9-11-13-15-16-18-20-22-24-25(26(3)4)23-21-19-17-14-12-10-8-6-2/h25H,5-24H2,1-4H3. The molecule has 0 aromatic heterocycles. The summed E-state index contributed by atoms with van der Waals surface area (Å²) in [5, 5.41) is 0. The second-order valence-electron chi connectivity index (χ2n) is 8.85. The van der Waals surface area contributed by atoms with E-state index in [1.807, 2.05) is 0 Å². The van der Waals surface area contributed by atoms with Crippen molar-refractivity contribution in [3.63, 3.8) is 0 Å². The highest BCUT2D eigenvalue weighted by atomic mass is 15.1.